The summed E-state index contributed by atoms with van der Waals surface area (Å²) < 4.78 is 5.43. The second kappa shape index (κ2) is 4.47. The second-order valence-corrected chi connectivity index (χ2v) is 5.13. The molecule has 0 unspecified atom stereocenters. The minimum Gasteiger partial charge on any atom is -0.441 e. The van der Waals surface area contributed by atoms with Crippen molar-refractivity contribution >= 4 is 11.1 Å². The van der Waals surface area contributed by atoms with Crippen LogP contribution in [0.1, 0.15) is 25.3 Å². The van der Waals surface area contributed by atoms with Gasteiger partial charge in [-0.25, -0.2) is 4.98 Å². The summed E-state index contributed by atoms with van der Waals surface area (Å²) in [6.45, 7) is 7.44. The average Bonchev–Trinajstić information content (AvgIpc) is 2.55. The van der Waals surface area contributed by atoms with Gasteiger partial charge in [0.25, 0.3) is 0 Å². The summed E-state index contributed by atoms with van der Waals surface area (Å²) in [4.78, 5) is 4.31. The summed E-state index contributed by atoms with van der Waals surface area (Å²) in [7, 11) is 0. The van der Waals surface area contributed by atoms with Gasteiger partial charge in [-0.3, -0.25) is 0 Å². The van der Waals surface area contributed by atoms with E-state index in [-0.39, 0.29) is 5.54 Å². The third kappa shape index (κ3) is 3.28. The van der Waals surface area contributed by atoms with E-state index in [1.54, 1.807) is 0 Å². The monoisotopic (exact) mass is 233 g/mol. The SMILES string of the molecule is Cc1nc2cc(CNCC(C)(C)N)ccc2o1. The van der Waals surface area contributed by atoms with E-state index in [0.29, 0.717) is 5.89 Å². The van der Waals surface area contributed by atoms with Crippen LogP contribution in [0.2, 0.25) is 0 Å². The molecule has 0 amide bonds. The minimum absolute atomic E-state index is 0.186. The number of oxazole rings is 1. The fourth-order valence-electron chi connectivity index (χ4n) is 1.73. The maximum atomic E-state index is 5.90. The van der Waals surface area contributed by atoms with Gasteiger partial charge in [-0.2, -0.15) is 0 Å². The molecule has 2 rings (SSSR count). The topological polar surface area (TPSA) is 64.1 Å². The summed E-state index contributed by atoms with van der Waals surface area (Å²) in [6.07, 6.45) is 0. The van der Waals surface area contributed by atoms with Gasteiger partial charge in [0.2, 0.25) is 0 Å². The molecule has 1 aromatic heterocycles. The molecule has 0 saturated heterocycles. The third-order valence-electron chi connectivity index (χ3n) is 2.47. The molecule has 0 aliphatic carbocycles. The molecule has 0 saturated carbocycles. The second-order valence-electron chi connectivity index (χ2n) is 5.13. The van der Waals surface area contributed by atoms with E-state index in [9.17, 15) is 0 Å². The number of aromatic nitrogens is 1. The lowest BCUT2D eigenvalue weighted by atomic mass is 10.1. The molecule has 2 aromatic rings. The lowest BCUT2D eigenvalue weighted by molar-refractivity contribution is 0.466. The summed E-state index contributed by atoms with van der Waals surface area (Å²) in [6, 6.07) is 6.05. The highest BCUT2D eigenvalue weighted by Gasteiger charge is 2.09. The van der Waals surface area contributed by atoms with Crippen LogP contribution in [0, 0.1) is 6.92 Å². The van der Waals surface area contributed by atoms with Crippen molar-refractivity contribution in [3.8, 4) is 0 Å². The Kier molecular flexibility index (Phi) is 3.17. The fraction of sp³-hybridized carbons (Fsp3) is 0.462. The highest BCUT2D eigenvalue weighted by Crippen LogP contribution is 2.16. The molecule has 4 nitrogen and oxygen atoms in total. The summed E-state index contributed by atoms with van der Waals surface area (Å²) in [5.74, 6) is 0.702. The molecule has 0 spiro atoms. The first-order valence-electron chi connectivity index (χ1n) is 5.80. The van der Waals surface area contributed by atoms with Crippen LogP contribution < -0.4 is 11.1 Å². The number of rotatable bonds is 4. The normalized spacial score (nSPS) is 12.2. The largest absolute Gasteiger partial charge is 0.441 e. The van der Waals surface area contributed by atoms with Gasteiger partial charge < -0.3 is 15.5 Å². The molecule has 0 atom stereocenters. The smallest absolute Gasteiger partial charge is 0.192 e. The number of benzene rings is 1. The van der Waals surface area contributed by atoms with Gasteiger partial charge in [-0.05, 0) is 31.5 Å². The molecule has 0 aliphatic heterocycles. The molecular formula is C13H19N3O. The van der Waals surface area contributed by atoms with Crippen molar-refractivity contribution < 1.29 is 4.42 Å². The van der Waals surface area contributed by atoms with Crippen LogP contribution in [0.15, 0.2) is 22.6 Å². The van der Waals surface area contributed by atoms with Crippen molar-refractivity contribution in [1.29, 1.82) is 0 Å². The lowest BCUT2D eigenvalue weighted by Crippen LogP contribution is -2.42. The Bertz CT molecular complexity index is 511. The Labute approximate surface area is 101 Å². The van der Waals surface area contributed by atoms with Crippen molar-refractivity contribution in [1.82, 2.24) is 10.3 Å². The van der Waals surface area contributed by atoms with Crippen LogP contribution in [-0.2, 0) is 6.54 Å². The Morgan fingerprint density at radius 3 is 2.88 bits per heavy atom. The number of aryl methyl sites for hydroxylation is 1. The van der Waals surface area contributed by atoms with Crippen molar-refractivity contribution in [2.24, 2.45) is 5.73 Å². The minimum atomic E-state index is -0.186. The fourth-order valence-corrected chi connectivity index (χ4v) is 1.73. The highest BCUT2D eigenvalue weighted by molar-refractivity contribution is 5.73. The van der Waals surface area contributed by atoms with E-state index >= 15 is 0 Å². The van der Waals surface area contributed by atoms with E-state index in [1.807, 2.05) is 39.0 Å². The molecule has 3 N–H and O–H groups in total. The summed E-state index contributed by atoms with van der Waals surface area (Å²) in [5.41, 5.74) is 8.66. The van der Waals surface area contributed by atoms with Gasteiger partial charge in [-0.1, -0.05) is 6.07 Å². The standard InChI is InChI=1S/C13H19N3O/c1-9-16-11-6-10(4-5-12(11)17-9)7-15-8-13(2,3)14/h4-6,15H,7-8,14H2,1-3H3. The van der Waals surface area contributed by atoms with Crippen molar-refractivity contribution in [2.45, 2.75) is 32.9 Å². The zero-order chi connectivity index (χ0) is 12.5. The van der Waals surface area contributed by atoms with E-state index < -0.39 is 0 Å². The zero-order valence-corrected chi connectivity index (χ0v) is 10.6. The Hall–Kier alpha value is -1.39. The number of nitrogens with two attached hydrogens (primary N) is 1. The molecule has 1 heterocycles. The maximum Gasteiger partial charge on any atom is 0.192 e. The molecule has 0 radical (unpaired) electrons. The summed E-state index contributed by atoms with van der Waals surface area (Å²) >= 11 is 0. The predicted octanol–water partition coefficient (Wildman–Crippen LogP) is 1.96. The first kappa shape index (κ1) is 12.1. The van der Waals surface area contributed by atoms with Gasteiger partial charge >= 0.3 is 0 Å². The van der Waals surface area contributed by atoms with E-state index in [4.69, 9.17) is 10.2 Å². The van der Waals surface area contributed by atoms with E-state index in [1.165, 1.54) is 5.56 Å². The van der Waals surface area contributed by atoms with Gasteiger partial charge in [-0.15, -0.1) is 0 Å². The van der Waals surface area contributed by atoms with Gasteiger partial charge in [0.1, 0.15) is 5.52 Å². The Morgan fingerprint density at radius 2 is 2.18 bits per heavy atom. The van der Waals surface area contributed by atoms with Crippen LogP contribution in [0.4, 0.5) is 0 Å². The van der Waals surface area contributed by atoms with Crippen molar-refractivity contribution in [2.75, 3.05) is 6.54 Å². The first-order valence-corrected chi connectivity index (χ1v) is 5.80. The van der Waals surface area contributed by atoms with Gasteiger partial charge in [0, 0.05) is 25.6 Å². The predicted molar refractivity (Wildman–Crippen MR) is 68.7 cm³/mol. The molecule has 0 fully saturated rings. The van der Waals surface area contributed by atoms with Crippen LogP contribution >= 0.6 is 0 Å². The number of hydrogen-bond donors (Lipinski definition) is 2. The Balaban J connectivity index is 2.04. The maximum absolute atomic E-state index is 5.90. The quantitative estimate of drug-likeness (QED) is 0.847. The average molecular weight is 233 g/mol. The first-order chi connectivity index (χ1) is 7.94. The number of hydrogen-bond acceptors (Lipinski definition) is 4. The number of fused-ring (bicyclic) bond motifs is 1. The molecule has 1 aromatic carbocycles. The molecule has 17 heavy (non-hydrogen) atoms. The van der Waals surface area contributed by atoms with Crippen molar-refractivity contribution in [3.05, 3.63) is 29.7 Å². The lowest BCUT2D eigenvalue weighted by Gasteiger charge is -2.18. The van der Waals surface area contributed by atoms with Crippen LogP contribution in [0.25, 0.3) is 11.1 Å². The van der Waals surface area contributed by atoms with Gasteiger partial charge in [0.05, 0.1) is 0 Å². The number of nitrogens with one attached hydrogen (secondary N) is 1. The molecule has 92 valence electrons. The molecule has 4 heteroatoms. The van der Waals surface area contributed by atoms with Crippen LogP contribution in [0.5, 0.6) is 0 Å². The Morgan fingerprint density at radius 1 is 1.41 bits per heavy atom. The van der Waals surface area contributed by atoms with Crippen molar-refractivity contribution in [3.63, 3.8) is 0 Å². The molecule has 0 aliphatic rings. The molecular weight excluding hydrogens is 214 g/mol. The van der Waals surface area contributed by atoms with E-state index in [2.05, 4.69) is 10.3 Å². The summed E-state index contributed by atoms with van der Waals surface area (Å²) in [5, 5.41) is 3.33. The van der Waals surface area contributed by atoms with Crippen LogP contribution in [0.3, 0.4) is 0 Å². The third-order valence-corrected chi connectivity index (χ3v) is 2.47. The molecule has 0 bridgehead atoms. The zero-order valence-electron chi connectivity index (χ0n) is 10.6. The highest BCUT2D eigenvalue weighted by atomic mass is 16.3. The van der Waals surface area contributed by atoms with Crippen LogP contribution in [-0.4, -0.2) is 17.1 Å². The van der Waals surface area contributed by atoms with Gasteiger partial charge in [0.15, 0.2) is 11.5 Å². The number of nitrogens with zero attached hydrogens (tertiary/aromatic N) is 1. The van der Waals surface area contributed by atoms with E-state index in [0.717, 1.165) is 24.2 Å².